The first kappa shape index (κ1) is 26.5. The fraction of sp³-hybridized carbons (Fsp3) is 0.375. The van der Waals surface area contributed by atoms with Gasteiger partial charge in [-0.25, -0.2) is 0 Å². The van der Waals surface area contributed by atoms with Gasteiger partial charge >= 0.3 is 0 Å². The molecule has 0 unspecified atom stereocenters. The molecular formula is C32H36O2S. The third kappa shape index (κ3) is 10.3. The summed E-state index contributed by atoms with van der Waals surface area (Å²) in [6, 6.07) is 20.1. The van der Waals surface area contributed by atoms with Crippen molar-refractivity contribution in [3.05, 3.63) is 81.5 Å². The lowest BCUT2D eigenvalue weighted by Gasteiger charge is -2.05. The van der Waals surface area contributed by atoms with Crippen LogP contribution >= 0.6 is 11.3 Å². The van der Waals surface area contributed by atoms with Crippen LogP contribution in [-0.4, -0.2) is 13.2 Å². The number of thiophene rings is 1. The largest absolute Gasteiger partial charge is 0.494 e. The van der Waals surface area contributed by atoms with Crippen molar-refractivity contribution in [2.45, 2.75) is 65.2 Å². The third-order valence-corrected chi connectivity index (χ3v) is 6.42. The summed E-state index contributed by atoms with van der Waals surface area (Å²) in [4.78, 5) is 2.02. The lowest BCUT2D eigenvalue weighted by Crippen LogP contribution is -1.96. The molecule has 3 aromatic rings. The molecule has 2 nitrogen and oxygen atoms in total. The zero-order chi connectivity index (χ0) is 24.6. The maximum atomic E-state index is 5.81. The van der Waals surface area contributed by atoms with Gasteiger partial charge < -0.3 is 9.47 Å². The van der Waals surface area contributed by atoms with E-state index >= 15 is 0 Å². The predicted molar refractivity (Wildman–Crippen MR) is 148 cm³/mol. The molecule has 0 spiro atoms. The number of hydrogen-bond acceptors (Lipinski definition) is 3. The molecule has 0 radical (unpaired) electrons. The molecule has 0 atom stereocenters. The van der Waals surface area contributed by atoms with Crippen LogP contribution in [0.1, 0.15) is 86.1 Å². The molecule has 2 aromatic carbocycles. The average molecular weight is 485 g/mol. The summed E-state index contributed by atoms with van der Waals surface area (Å²) in [6.45, 7) is 6.00. The van der Waals surface area contributed by atoms with Crippen molar-refractivity contribution in [1.82, 2.24) is 0 Å². The molecule has 0 fully saturated rings. The molecule has 0 amide bonds. The number of hydrogen-bond donors (Lipinski definition) is 0. The molecule has 35 heavy (non-hydrogen) atoms. The molecule has 0 aliphatic carbocycles. The minimum Gasteiger partial charge on any atom is -0.494 e. The van der Waals surface area contributed by atoms with Crippen molar-refractivity contribution in [2.75, 3.05) is 13.2 Å². The molecule has 1 aromatic heterocycles. The Labute approximate surface area is 215 Å². The summed E-state index contributed by atoms with van der Waals surface area (Å²) in [5.41, 5.74) is 1.97. The quantitative estimate of drug-likeness (QED) is 0.190. The van der Waals surface area contributed by atoms with Crippen LogP contribution in [0.15, 0.2) is 60.7 Å². The van der Waals surface area contributed by atoms with Crippen LogP contribution < -0.4 is 9.47 Å². The van der Waals surface area contributed by atoms with Crippen LogP contribution in [0.25, 0.3) is 0 Å². The smallest absolute Gasteiger partial charge is 0.119 e. The minimum atomic E-state index is 0.779. The van der Waals surface area contributed by atoms with E-state index in [1.165, 1.54) is 38.5 Å². The maximum absolute atomic E-state index is 5.81. The molecule has 3 rings (SSSR count). The Morgan fingerprint density at radius 2 is 0.943 bits per heavy atom. The topological polar surface area (TPSA) is 18.5 Å². The van der Waals surface area contributed by atoms with Gasteiger partial charge in [0.05, 0.1) is 23.0 Å². The van der Waals surface area contributed by atoms with Crippen molar-refractivity contribution in [3.63, 3.8) is 0 Å². The molecule has 0 aliphatic heterocycles. The second-order valence-corrected chi connectivity index (χ2v) is 9.61. The second-order valence-electron chi connectivity index (χ2n) is 8.53. The van der Waals surface area contributed by atoms with Gasteiger partial charge in [-0.1, -0.05) is 76.1 Å². The fourth-order valence-electron chi connectivity index (χ4n) is 3.45. The summed E-state index contributed by atoms with van der Waals surface area (Å²) in [5.74, 6) is 14.8. The van der Waals surface area contributed by atoms with E-state index in [2.05, 4.69) is 37.5 Å². The Morgan fingerprint density at radius 3 is 1.34 bits per heavy atom. The van der Waals surface area contributed by atoms with Crippen LogP contribution in [0.2, 0.25) is 0 Å². The van der Waals surface area contributed by atoms with Crippen molar-refractivity contribution in [1.29, 1.82) is 0 Å². The van der Waals surface area contributed by atoms with E-state index in [4.69, 9.17) is 9.47 Å². The maximum Gasteiger partial charge on any atom is 0.119 e. The highest BCUT2D eigenvalue weighted by molar-refractivity contribution is 7.13. The van der Waals surface area contributed by atoms with E-state index in [1.54, 1.807) is 11.3 Å². The van der Waals surface area contributed by atoms with E-state index in [0.717, 1.165) is 58.4 Å². The summed E-state index contributed by atoms with van der Waals surface area (Å²) < 4.78 is 11.6. The van der Waals surface area contributed by atoms with Crippen molar-refractivity contribution >= 4 is 11.3 Å². The third-order valence-electron chi connectivity index (χ3n) is 5.51. The van der Waals surface area contributed by atoms with Gasteiger partial charge in [0, 0.05) is 11.1 Å². The minimum absolute atomic E-state index is 0.779. The zero-order valence-corrected chi connectivity index (χ0v) is 21.9. The van der Waals surface area contributed by atoms with Gasteiger partial charge in [0.15, 0.2) is 0 Å². The predicted octanol–water partition coefficient (Wildman–Crippen LogP) is 8.47. The van der Waals surface area contributed by atoms with Gasteiger partial charge in [0.25, 0.3) is 0 Å². The first-order chi connectivity index (χ1) is 17.3. The number of rotatable bonds is 12. The van der Waals surface area contributed by atoms with E-state index in [0.29, 0.717) is 0 Å². The zero-order valence-electron chi connectivity index (χ0n) is 21.1. The highest BCUT2D eigenvalue weighted by Gasteiger charge is 1.98. The second kappa shape index (κ2) is 15.7. The average Bonchev–Trinajstić information content (AvgIpc) is 3.35. The van der Waals surface area contributed by atoms with Gasteiger partial charge in [-0.3, -0.25) is 0 Å². The van der Waals surface area contributed by atoms with Crippen molar-refractivity contribution in [3.8, 4) is 35.2 Å². The molecule has 0 saturated carbocycles. The highest BCUT2D eigenvalue weighted by atomic mass is 32.1. The Hall–Kier alpha value is -3.14. The standard InChI is InChI=1S/C32H36O2S/c1-3-5-7-9-25-33-29-17-11-27(12-18-29)15-21-31-23-24-32(35-31)22-16-28-13-19-30(20-14-28)34-26-10-8-6-4-2/h11-14,17-20,23-24H,3-10,25-26H2,1-2H3. The van der Waals surface area contributed by atoms with Crippen molar-refractivity contribution in [2.24, 2.45) is 0 Å². The highest BCUT2D eigenvalue weighted by Crippen LogP contribution is 2.17. The van der Waals surface area contributed by atoms with E-state index in [9.17, 15) is 0 Å². The fourth-order valence-corrected chi connectivity index (χ4v) is 4.16. The molecule has 0 bridgehead atoms. The monoisotopic (exact) mass is 484 g/mol. The molecule has 1 heterocycles. The number of unbranched alkanes of at least 4 members (excludes halogenated alkanes) is 6. The molecule has 0 aliphatic rings. The van der Waals surface area contributed by atoms with Crippen LogP contribution in [0.3, 0.4) is 0 Å². The van der Waals surface area contributed by atoms with Gasteiger partial charge in [-0.2, -0.15) is 0 Å². The van der Waals surface area contributed by atoms with Gasteiger partial charge in [-0.05, 0) is 73.5 Å². The number of benzene rings is 2. The Bertz CT molecular complexity index is 1030. The van der Waals surface area contributed by atoms with E-state index < -0.39 is 0 Å². The summed E-state index contributed by atoms with van der Waals surface area (Å²) in [6.07, 6.45) is 9.71. The molecule has 0 N–H and O–H groups in total. The summed E-state index contributed by atoms with van der Waals surface area (Å²) in [7, 11) is 0. The first-order valence-corrected chi connectivity index (χ1v) is 13.7. The molecular weight excluding hydrogens is 448 g/mol. The Kier molecular flexibility index (Phi) is 11.9. The Morgan fingerprint density at radius 1 is 0.514 bits per heavy atom. The van der Waals surface area contributed by atoms with Gasteiger partial charge in [-0.15, -0.1) is 11.3 Å². The first-order valence-electron chi connectivity index (χ1n) is 12.9. The lowest BCUT2D eigenvalue weighted by atomic mass is 10.2. The van der Waals surface area contributed by atoms with Gasteiger partial charge in [0.1, 0.15) is 11.5 Å². The summed E-state index contributed by atoms with van der Waals surface area (Å²) in [5, 5.41) is 0. The molecule has 182 valence electrons. The summed E-state index contributed by atoms with van der Waals surface area (Å²) >= 11 is 1.62. The normalized spacial score (nSPS) is 10.1. The van der Waals surface area contributed by atoms with E-state index in [-0.39, 0.29) is 0 Å². The molecule has 3 heteroatoms. The Balaban J connectivity index is 1.47. The number of ether oxygens (including phenoxy) is 2. The van der Waals surface area contributed by atoms with E-state index in [1.807, 2.05) is 60.7 Å². The van der Waals surface area contributed by atoms with Crippen LogP contribution in [0.5, 0.6) is 11.5 Å². The van der Waals surface area contributed by atoms with Crippen LogP contribution in [0.4, 0.5) is 0 Å². The lowest BCUT2D eigenvalue weighted by molar-refractivity contribution is 0.305. The SMILES string of the molecule is CCCCCCOc1ccc(C#Cc2ccc(C#Cc3ccc(OCCCCCC)cc3)s2)cc1. The van der Waals surface area contributed by atoms with Crippen molar-refractivity contribution < 1.29 is 9.47 Å². The van der Waals surface area contributed by atoms with Crippen LogP contribution in [0, 0.1) is 23.7 Å². The van der Waals surface area contributed by atoms with Crippen LogP contribution in [-0.2, 0) is 0 Å². The molecule has 0 saturated heterocycles. The van der Waals surface area contributed by atoms with Gasteiger partial charge in [0.2, 0.25) is 0 Å².